The lowest BCUT2D eigenvalue weighted by molar-refractivity contribution is 0.0965. The molecule has 4 nitrogen and oxygen atoms in total. The maximum absolute atomic E-state index is 11.3. The van der Waals surface area contributed by atoms with Gasteiger partial charge in [-0.05, 0) is 17.7 Å². The number of benzene rings is 1. The summed E-state index contributed by atoms with van der Waals surface area (Å²) < 4.78 is 5.01. The fourth-order valence-corrected chi connectivity index (χ4v) is 1.51. The minimum Gasteiger partial charge on any atom is -0.495 e. The molecule has 1 amide bonds. The summed E-state index contributed by atoms with van der Waals surface area (Å²) in [4.78, 5) is 11.3. The van der Waals surface area contributed by atoms with Crippen LogP contribution in [0.15, 0.2) is 12.1 Å². The Bertz CT molecular complexity index is 446. The number of ether oxygens (including phenoxy) is 1. The molecule has 4 heteroatoms. The van der Waals surface area contributed by atoms with E-state index in [9.17, 15) is 4.79 Å². The SMILES string of the molecule is COc1cc2c(cc1C#N)CNC2=O. The maximum Gasteiger partial charge on any atom is 0.252 e. The van der Waals surface area contributed by atoms with Crippen LogP contribution in [0.2, 0.25) is 0 Å². The average molecular weight is 188 g/mol. The molecular weight excluding hydrogens is 180 g/mol. The molecule has 14 heavy (non-hydrogen) atoms. The van der Waals surface area contributed by atoms with Crippen molar-refractivity contribution >= 4 is 5.91 Å². The Balaban J connectivity index is 2.61. The fraction of sp³-hybridized carbons (Fsp3) is 0.200. The lowest BCUT2D eigenvalue weighted by Crippen LogP contribution is -2.12. The summed E-state index contributed by atoms with van der Waals surface area (Å²) in [5, 5.41) is 11.5. The van der Waals surface area contributed by atoms with Crippen molar-refractivity contribution in [3.8, 4) is 11.8 Å². The Morgan fingerprint density at radius 1 is 1.57 bits per heavy atom. The normalized spacial score (nSPS) is 13.0. The number of carbonyl (C=O) groups excluding carboxylic acids is 1. The molecule has 1 aliphatic rings. The predicted molar refractivity (Wildman–Crippen MR) is 48.9 cm³/mol. The van der Waals surface area contributed by atoms with Gasteiger partial charge in [-0.3, -0.25) is 4.79 Å². The van der Waals surface area contributed by atoms with Gasteiger partial charge < -0.3 is 10.1 Å². The highest BCUT2D eigenvalue weighted by Gasteiger charge is 2.21. The summed E-state index contributed by atoms with van der Waals surface area (Å²) >= 11 is 0. The second-order valence-electron chi connectivity index (χ2n) is 3.00. The molecule has 0 saturated heterocycles. The molecule has 0 aromatic heterocycles. The molecule has 70 valence electrons. The van der Waals surface area contributed by atoms with Gasteiger partial charge in [0.2, 0.25) is 0 Å². The van der Waals surface area contributed by atoms with Crippen molar-refractivity contribution in [1.82, 2.24) is 5.32 Å². The largest absolute Gasteiger partial charge is 0.495 e. The number of rotatable bonds is 1. The Hall–Kier alpha value is -2.02. The standard InChI is InChI=1S/C10H8N2O2/c1-14-9-3-8-7(2-6(9)4-11)5-12-10(8)13/h2-3H,5H2,1H3,(H,12,13). The summed E-state index contributed by atoms with van der Waals surface area (Å²) in [7, 11) is 1.48. The minimum absolute atomic E-state index is 0.109. The molecule has 0 saturated carbocycles. The van der Waals surface area contributed by atoms with Gasteiger partial charge in [-0.25, -0.2) is 0 Å². The van der Waals surface area contributed by atoms with Crippen LogP contribution in [0.3, 0.4) is 0 Å². The van der Waals surface area contributed by atoms with Gasteiger partial charge in [0.15, 0.2) is 0 Å². The topological polar surface area (TPSA) is 62.1 Å². The third-order valence-corrected chi connectivity index (χ3v) is 2.23. The third-order valence-electron chi connectivity index (χ3n) is 2.23. The Kier molecular flexibility index (Phi) is 1.86. The van der Waals surface area contributed by atoms with Crippen LogP contribution in [0.25, 0.3) is 0 Å². The Morgan fingerprint density at radius 2 is 2.36 bits per heavy atom. The number of amides is 1. The quantitative estimate of drug-likeness (QED) is 0.709. The smallest absolute Gasteiger partial charge is 0.252 e. The number of nitriles is 1. The van der Waals surface area contributed by atoms with Crippen LogP contribution in [0.5, 0.6) is 5.75 Å². The first-order valence-corrected chi connectivity index (χ1v) is 4.15. The van der Waals surface area contributed by atoms with Crippen LogP contribution >= 0.6 is 0 Å². The first-order valence-electron chi connectivity index (χ1n) is 4.15. The fourth-order valence-electron chi connectivity index (χ4n) is 1.51. The van der Waals surface area contributed by atoms with Crippen LogP contribution in [0, 0.1) is 11.3 Å². The van der Waals surface area contributed by atoms with Gasteiger partial charge in [-0.15, -0.1) is 0 Å². The monoisotopic (exact) mass is 188 g/mol. The number of methoxy groups -OCH3 is 1. The molecule has 1 N–H and O–H groups in total. The van der Waals surface area contributed by atoms with Gasteiger partial charge in [-0.1, -0.05) is 0 Å². The zero-order valence-corrected chi connectivity index (χ0v) is 7.63. The highest BCUT2D eigenvalue weighted by molar-refractivity contribution is 5.99. The van der Waals surface area contributed by atoms with E-state index in [0.29, 0.717) is 23.4 Å². The number of carbonyl (C=O) groups is 1. The van der Waals surface area contributed by atoms with Crippen LogP contribution in [-0.2, 0) is 6.54 Å². The van der Waals surface area contributed by atoms with E-state index in [4.69, 9.17) is 10.00 Å². The van der Waals surface area contributed by atoms with E-state index >= 15 is 0 Å². The van der Waals surface area contributed by atoms with E-state index in [1.807, 2.05) is 6.07 Å². The van der Waals surface area contributed by atoms with Crippen LogP contribution in [0.1, 0.15) is 21.5 Å². The summed E-state index contributed by atoms with van der Waals surface area (Å²) in [5.41, 5.74) is 1.91. The van der Waals surface area contributed by atoms with Gasteiger partial charge in [0.05, 0.1) is 12.7 Å². The van der Waals surface area contributed by atoms with E-state index < -0.39 is 0 Å². The molecule has 0 radical (unpaired) electrons. The van der Waals surface area contributed by atoms with Gasteiger partial charge in [0.1, 0.15) is 11.8 Å². The summed E-state index contributed by atoms with van der Waals surface area (Å²) in [6, 6.07) is 5.32. The van der Waals surface area contributed by atoms with Crippen LogP contribution < -0.4 is 10.1 Å². The van der Waals surface area contributed by atoms with Gasteiger partial charge in [0.25, 0.3) is 5.91 Å². The molecule has 1 heterocycles. The first kappa shape index (κ1) is 8.57. The summed E-state index contributed by atoms with van der Waals surface area (Å²) in [6.45, 7) is 0.493. The van der Waals surface area contributed by atoms with Gasteiger partial charge in [-0.2, -0.15) is 5.26 Å². The van der Waals surface area contributed by atoms with Crippen molar-refractivity contribution in [2.75, 3.05) is 7.11 Å². The lowest BCUT2D eigenvalue weighted by atomic mass is 10.1. The Morgan fingerprint density at radius 3 is 3.00 bits per heavy atom. The van der Waals surface area contributed by atoms with Crippen molar-refractivity contribution in [3.05, 3.63) is 28.8 Å². The third kappa shape index (κ3) is 1.11. The van der Waals surface area contributed by atoms with E-state index in [-0.39, 0.29) is 5.91 Å². The highest BCUT2D eigenvalue weighted by Crippen LogP contribution is 2.25. The maximum atomic E-state index is 11.3. The molecule has 1 aliphatic heterocycles. The number of nitrogens with one attached hydrogen (secondary N) is 1. The number of fused-ring (bicyclic) bond motifs is 1. The van der Waals surface area contributed by atoms with Crippen LogP contribution in [0.4, 0.5) is 0 Å². The summed E-state index contributed by atoms with van der Waals surface area (Å²) in [6.07, 6.45) is 0. The van der Waals surface area contributed by atoms with Gasteiger partial charge >= 0.3 is 0 Å². The lowest BCUT2D eigenvalue weighted by Gasteiger charge is -2.04. The molecule has 0 aliphatic carbocycles. The van der Waals surface area contributed by atoms with Crippen molar-refractivity contribution < 1.29 is 9.53 Å². The van der Waals surface area contributed by atoms with Gasteiger partial charge in [0, 0.05) is 12.1 Å². The second kappa shape index (κ2) is 3.04. The zero-order valence-electron chi connectivity index (χ0n) is 7.63. The van der Waals surface area contributed by atoms with Crippen molar-refractivity contribution in [2.24, 2.45) is 0 Å². The number of hydrogen-bond acceptors (Lipinski definition) is 3. The summed E-state index contributed by atoms with van der Waals surface area (Å²) in [5.74, 6) is 0.339. The molecular formula is C10H8N2O2. The van der Waals surface area contributed by atoms with E-state index in [0.717, 1.165) is 5.56 Å². The minimum atomic E-state index is -0.109. The second-order valence-corrected chi connectivity index (χ2v) is 3.00. The van der Waals surface area contributed by atoms with Crippen molar-refractivity contribution in [3.63, 3.8) is 0 Å². The molecule has 0 bridgehead atoms. The predicted octanol–water partition coefficient (Wildman–Crippen LogP) is 0.810. The molecule has 0 unspecified atom stereocenters. The Labute approximate surface area is 81.1 Å². The average Bonchev–Trinajstić information content (AvgIpc) is 2.58. The van der Waals surface area contributed by atoms with Crippen LogP contribution in [-0.4, -0.2) is 13.0 Å². The van der Waals surface area contributed by atoms with E-state index in [2.05, 4.69) is 5.32 Å². The number of hydrogen-bond donors (Lipinski definition) is 1. The first-order chi connectivity index (χ1) is 6.76. The van der Waals surface area contributed by atoms with Crippen molar-refractivity contribution in [2.45, 2.75) is 6.54 Å². The molecule has 1 aromatic carbocycles. The number of nitrogens with zero attached hydrogens (tertiary/aromatic N) is 1. The van der Waals surface area contributed by atoms with E-state index in [1.165, 1.54) is 7.11 Å². The highest BCUT2D eigenvalue weighted by atomic mass is 16.5. The zero-order chi connectivity index (χ0) is 10.1. The molecule has 0 fully saturated rings. The molecule has 0 atom stereocenters. The van der Waals surface area contributed by atoms with Crippen molar-refractivity contribution in [1.29, 1.82) is 5.26 Å². The molecule has 1 aromatic rings. The molecule has 2 rings (SSSR count). The molecule has 0 spiro atoms. The van der Waals surface area contributed by atoms with E-state index in [1.54, 1.807) is 12.1 Å².